The molecule has 1 unspecified atom stereocenters. The van der Waals surface area contributed by atoms with E-state index >= 15 is 0 Å². The molecule has 0 aliphatic heterocycles. The summed E-state index contributed by atoms with van der Waals surface area (Å²) in [5.41, 5.74) is 4.32. The van der Waals surface area contributed by atoms with E-state index in [-0.39, 0.29) is 11.5 Å². The largest absolute Gasteiger partial charge is 0.478 e. The maximum absolute atomic E-state index is 13.4. The Kier molecular flexibility index (Phi) is 4.55. The van der Waals surface area contributed by atoms with Gasteiger partial charge in [-0.2, -0.15) is 0 Å². The van der Waals surface area contributed by atoms with Crippen molar-refractivity contribution in [1.29, 1.82) is 0 Å². The van der Waals surface area contributed by atoms with E-state index in [1.165, 1.54) is 37.5 Å². The summed E-state index contributed by atoms with van der Waals surface area (Å²) in [6.07, 6.45) is 0.347. The number of nitrogens with one attached hydrogen (secondary N) is 2. The minimum Gasteiger partial charge on any atom is -0.478 e. The van der Waals surface area contributed by atoms with E-state index in [1.807, 2.05) is 0 Å². The van der Waals surface area contributed by atoms with Gasteiger partial charge in [0.2, 0.25) is 0 Å². The van der Waals surface area contributed by atoms with Crippen molar-refractivity contribution in [3.63, 3.8) is 0 Å². The summed E-state index contributed by atoms with van der Waals surface area (Å²) in [5.74, 6) is -1.79. The zero-order chi connectivity index (χ0) is 15.2. The SMILES string of the molecule is CC(Oc1ccccc1F)C(=O)NNC(=O)c1ccco1. The summed E-state index contributed by atoms with van der Waals surface area (Å²) in [6, 6.07) is 8.71. The molecule has 0 radical (unpaired) electrons. The zero-order valence-electron chi connectivity index (χ0n) is 11.1. The molecule has 0 saturated carbocycles. The van der Waals surface area contributed by atoms with Gasteiger partial charge in [-0.15, -0.1) is 0 Å². The highest BCUT2D eigenvalue weighted by Gasteiger charge is 2.17. The molecule has 0 aliphatic carbocycles. The Morgan fingerprint density at radius 3 is 2.62 bits per heavy atom. The maximum Gasteiger partial charge on any atom is 0.305 e. The number of carbonyl (C=O) groups excluding carboxylic acids is 2. The summed E-state index contributed by atoms with van der Waals surface area (Å²) < 4.78 is 23.4. The first-order valence-electron chi connectivity index (χ1n) is 6.13. The predicted molar refractivity (Wildman–Crippen MR) is 70.8 cm³/mol. The number of hydrogen-bond acceptors (Lipinski definition) is 4. The summed E-state index contributed by atoms with van der Waals surface area (Å²) in [4.78, 5) is 23.3. The van der Waals surface area contributed by atoms with Crippen molar-refractivity contribution in [2.75, 3.05) is 0 Å². The second-order valence-corrected chi connectivity index (χ2v) is 4.11. The lowest BCUT2D eigenvalue weighted by molar-refractivity contribution is -0.128. The Balaban J connectivity index is 1.86. The molecule has 2 aromatic rings. The first-order valence-corrected chi connectivity index (χ1v) is 6.13. The van der Waals surface area contributed by atoms with E-state index in [1.54, 1.807) is 12.1 Å². The number of para-hydroxylation sites is 1. The van der Waals surface area contributed by atoms with E-state index in [2.05, 4.69) is 10.9 Å². The highest BCUT2D eigenvalue weighted by atomic mass is 19.1. The van der Waals surface area contributed by atoms with Gasteiger partial charge < -0.3 is 9.15 Å². The Bertz CT molecular complexity index is 628. The molecule has 0 spiro atoms. The molecule has 6 nitrogen and oxygen atoms in total. The maximum atomic E-state index is 13.4. The van der Waals surface area contributed by atoms with Gasteiger partial charge in [0.05, 0.1) is 6.26 Å². The minimum absolute atomic E-state index is 0.0440. The van der Waals surface area contributed by atoms with Crippen LogP contribution in [0.25, 0.3) is 0 Å². The molecule has 1 aromatic carbocycles. The van der Waals surface area contributed by atoms with Crippen molar-refractivity contribution in [3.8, 4) is 5.75 Å². The van der Waals surface area contributed by atoms with Gasteiger partial charge >= 0.3 is 5.91 Å². The molecular weight excluding hydrogens is 279 g/mol. The molecule has 110 valence electrons. The van der Waals surface area contributed by atoms with Gasteiger partial charge in [0.1, 0.15) is 0 Å². The summed E-state index contributed by atoms with van der Waals surface area (Å²) >= 11 is 0. The number of hydrazine groups is 1. The second kappa shape index (κ2) is 6.56. The van der Waals surface area contributed by atoms with Gasteiger partial charge in [-0.05, 0) is 31.2 Å². The Labute approximate surface area is 119 Å². The van der Waals surface area contributed by atoms with Crippen LogP contribution in [0.5, 0.6) is 5.75 Å². The van der Waals surface area contributed by atoms with Crippen LogP contribution in [0.2, 0.25) is 0 Å². The van der Waals surface area contributed by atoms with Crippen molar-refractivity contribution in [1.82, 2.24) is 10.9 Å². The van der Waals surface area contributed by atoms with Gasteiger partial charge in [0.25, 0.3) is 5.91 Å². The highest BCUT2D eigenvalue weighted by molar-refractivity contribution is 5.93. The van der Waals surface area contributed by atoms with E-state index in [4.69, 9.17) is 9.15 Å². The Morgan fingerprint density at radius 1 is 1.19 bits per heavy atom. The average molecular weight is 292 g/mol. The fraction of sp³-hybridized carbons (Fsp3) is 0.143. The number of halogens is 1. The number of benzene rings is 1. The van der Waals surface area contributed by atoms with Crippen molar-refractivity contribution in [2.45, 2.75) is 13.0 Å². The van der Waals surface area contributed by atoms with Gasteiger partial charge in [0, 0.05) is 0 Å². The van der Waals surface area contributed by atoms with E-state index in [0.29, 0.717) is 0 Å². The van der Waals surface area contributed by atoms with Crippen LogP contribution in [-0.2, 0) is 4.79 Å². The highest BCUT2D eigenvalue weighted by Crippen LogP contribution is 2.16. The van der Waals surface area contributed by atoms with E-state index in [9.17, 15) is 14.0 Å². The third-order valence-electron chi connectivity index (χ3n) is 2.55. The third-order valence-corrected chi connectivity index (χ3v) is 2.55. The molecule has 1 atom stereocenters. The topological polar surface area (TPSA) is 80.6 Å². The normalized spacial score (nSPS) is 11.5. The Hall–Kier alpha value is -2.83. The van der Waals surface area contributed by atoms with Crippen LogP contribution in [0.3, 0.4) is 0 Å². The van der Waals surface area contributed by atoms with Gasteiger partial charge in [-0.1, -0.05) is 12.1 Å². The number of carbonyl (C=O) groups is 2. The van der Waals surface area contributed by atoms with Gasteiger partial charge in [0.15, 0.2) is 23.4 Å². The summed E-state index contributed by atoms with van der Waals surface area (Å²) in [6.45, 7) is 1.43. The van der Waals surface area contributed by atoms with Gasteiger partial charge in [-0.25, -0.2) is 4.39 Å². The number of furan rings is 1. The van der Waals surface area contributed by atoms with Crippen LogP contribution in [0.1, 0.15) is 17.5 Å². The van der Waals surface area contributed by atoms with Crippen LogP contribution in [-0.4, -0.2) is 17.9 Å². The third kappa shape index (κ3) is 3.82. The van der Waals surface area contributed by atoms with Crippen LogP contribution >= 0.6 is 0 Å². The van der Waals surface area contributed by atoms with E-state index < -0.39 is 23.7 Å². The van der Waals surface area contributed by atoms with Crippen LogP contribution in [0, 0.1) is 5.82 Å². The molecule has 2 rings (SSSR count). The molecule has 0 bridgehead atoms. The molecule has 21 heavy (non-hydrogen) atoms. The van der Waals surface area contributed by atoms with Crippen molar-refractivity contribution < 1.29 is 23.1 Å². The molecule has 7 heteroatoms. The summed E-state index contributed by atoms with van der Waals surface area (Å²) in [7, 11) is 0. The lowest BCUT2D eigenvalue weighted by Crippen LogP contribution is -2.47. The van der Waals surface area contributed by atoms with E-state index in [0.717, 1.165) is 0 Å². The molecule has 1 aromatic heterocycles. The second-order valence-electron chi connectivity index (χ2n) is 4.11. The van der Waals surface area contributed by atoms with Gasteiger partial charge in [-0.3, -0.25) is 20.4 Å². The molecule has 0 saturated heterocycles. The monoisotopic (exact) mass is 292 g/mol. The lowest BCUT2D eigenvalue weighted by Gasteiger charge is -2.15. The van der Waals surface area contributed by atoms with Crippen molar-refractivity contribution in [2.24, 2.45) is 0 Å². The zero-order valence-corrected chi connectivity index (χ0v) is 11.1. The fourth-order valence-electron chi connectivity index (χ4n) is 1.47. The Morgan fingerprint density at radius 2 is 1.95 bits per heavy atom. The molecule has 0 fully saturated rings. The van der Waals surface area contributed by atoms with Crippen LogP contribution in [0.4, 0.5) is 4.39 Å². The predicted octanol–water partition coefficient (Wildman–Crippen LogP) is 1.65. The number of ether oxygens (including phenoxy) is 1. The number of hydrogen-bond donors (Lipinski definition) is 2. The first-order chi connectivity index (χ1) is 10.1. The number of amides is 2. The smallest absolute Gasteiger partial charge is 0.305 e. The number of rotatable bonds is 4. The standard InChI is InChI=1S/C14H13FN2O4/c1-9(21-11-6-3-2-5-10(11)15)13(18)16-17-14(19)12-7-4-8-20-12/h2-9H,1H3,(H,16,18)(H,17,19). The quantitative estimate of drug-likeness (QED) is 0.840. The fourth-order valence-corrected chi connectivity index (χ4v) is 1.47. The first kappa shape index (κ1) is 14.6. The molecule has 0 aliphatic rings. The lowest BCUT2D eigenvalue weighted by atomic mass is 10.3. The minimum atomic E-state index is -0.987. The summed E-state index contributed by atoms with van der Waals surface area (Å²) in [5, 5.41) is 0. The molecule has 1 heterocycles. The molecular formula is C14H13FN2O4. The van der Waals surface area contributed by atoms with Crippen LogP contribution in [0.15, 0.2) is 47.1 Å². The average Bonchev–Trinajstić information content (AvgIpc) is 3.01. The van der Waals surface area contributed by atoms with Crippen LogP contribution < -0.4 is 15.6 Å². The van der Waals surface area contributed by atoms with Crippen molar-refractivity contribution in [3.05, 3.63) is 54.2 Å². The van der Waals surface area contributed by atoms with Crippen molar-refractivity contribution >= 4 is 11.8 Å². The molecule has 2 amide bonds. The molecule has 2 N–H and O–H groups in total.